The van der Waals surface area contributed by atoms with Crippen molar-refractivity contribution in [2.75, 3.05) is 18.9 Å². The number of ether oxygens (including phenoxy) is 2. The number of hydrogen-bond donors (Lipinski definition) is 1. The minimum atomic E-state index is -3.13. The van der Waals surface area contributed by atoms with Gasteiger partial charge in [0.1, 0.15) is 0 Å². The van der Waals surface area contributed by atoms with Gasteiger partial charge in [-0.05, 0) is 31.9 Å². The highest BCUT2D eigenvalue weighted by Gasteiger charge is 2.34. The molecule has 0 saturated carbocycles. The third-order valence-corrected chi connectivity index (χ3v) is 5.78. The van der Waals surface area contributed by atoms with E-state index in [9.17, 15) is 8.42 Å². The summed E-state index contributed by atoms with van der Waals surface area (Å²) in [5, 5.41) is 3.43. The summed E-state index contributed by atoms with van der Waals surface area (Å²) in [6, 6.07) is 7.29. The van der Waals surface area contributed by atoms with Crippen molar-refractivity contribution in [3.63, 3.8) is 0 Å². The SMILES string of the molecule is CC1(C)OCC(CNC2CCS(=O)(=O)c3ccccc32)O1. The first-order chi connectivity index (χ1) is 9.87. The Labute approximate surface area is 125 Å². The lowest BCUT2D eigenvalue weighted by Crippen LogP contribution is -2.36. The topological polar surface area (TPSA) is 64.6 Å². The van der Waals surface area contributed by atoms with E-state index < -0.39 is 15.6 Å². The van der Waals surface area contributed by atoms with Crippen LogP contribution in [0.5, 0.6) is 0 Å². The molecule has 0 bridgehead atoms. The zero-order chi connectivity index (χ0) is 15.1. The maximum atomic E-state index is 12.1. The Balaban J connectivity index is 1.70. The van der Waals surface area contributed by atoms with Crippen LogP contribution >= 0.6 is 0 Å². The molecule has 6 heteroatoms. The molecule has 2 heterocycles. The predicted octanol–water partition coefficient (Wildman–Crippen LogP) is 1.65. The van der Waals surface area contributed by atoms with E-state index in [0.29, 0.717) is 24.5 Å². The van der Waals surface area contributed by atoms with Crippen molar-refractivity contribution in [1.82, 2.24) is 5.32 Å². The lowest BCUT2D eigenvalue weighted by molar-refractivity contribution is -0.137. The molecule has 0 spiro atoms. The molecule has 1 fully saturated rings. The van der Waals surface area contributed by atoms with E-state index in [1.807, 2.05) is 26.0 Å². The van der Waals surface area contributed by atoms with Crippen molar-refractivity contribution in [2.45, 2.75) is 43.1 Å². The smallest absolute Gasteiger partial charge is 0.178 e. The number of fused-ring (bicyclic) bond motifs is 1. The summed E-state index contributed by atoms with van der Waals surface area (Å²) in [4.78, 5) is 0.456. The molecular formula is C15H21NO4S. The monoisotopic (exact) mass is 311 g/mol. The van der Waals surface area contributed by atoms with E-state index in [4.69, 9.17) is 9.47 Å². The van der Waals surface area contributed by atoms with Crippen molar-refractivity contribution in [2.24, 2.45) is 0 Å². The molecule has 2 atom stereocenters. The number of nitrogens with one attached hydrogen (secondary N) is 1. The van der Waals surface area contributed by atoms with Crippen molar-refractivity contribution in [3.8, 4) is 0 Å². The van der Waals surface area contributed by atoms with Crippen molar-refractivity contribution in [1.29, 1.82) is 0 Å². The van der Waals surface area contributed by atoms with Gasteiger partial charge in [0, 0.05) is 12.6 Å². The molecule has 0 aromatic heterocycles. The van der Waals surface area contributed by atoms with Crippen LogP contribution in [0, 0.1) is 0 Å². The van der Waals surface area contributed by atoms with E-state index in [1.54, 1.807) is 12.1 Å². The Hall–Kier alpha value is -0.950. The first-order valence-corrected chi connectivity index (χ1v) is 8.89. The molecule has 0 amide bonds. The van der Waals surface area contributed by atoms with E-state index in [2.05, 4.69) is 5.32 Å². The van der Waals surface area contributed by atoms with Crippen LogP contribution in [-0.4, -0.2) is 39.2 Å². The van der Waals surface area contributed by atoms with Crippen molar-refractivity contribution < 1.29 is 17.9 Å². The molecule has 2 aliphatic rings. The van der Waals surface area contributed by atoms with Crippen LogP contribution in [0.1, 0.15) is 31.9 Å². The zero-order valence-electron chi connectivity index (χ0n) is 12.3. The molecule has 1 aromatic rings. The summed E-state index contributed by atoms with van der Waals surface area (Å²) in [6.07, 6.45) is 0.599. The Morgan fingerprint density at radius 2 is 2.10 bits per heavy atom. The van der Waals surface area contributed by atoms with Gasteiger partial charge >= 0.3 is 0 Å². The highest BCUT2D eigenvalue weighted by atomic mass is 32.2. The number of benzene rings is 1. The van der Waals surface area contributed by atoms with Gasteiger partial charge in [-0.25, -0.2) is 8.42 Å². The fraction of sp³-hybridized carbons (Fsp3) is 0.600. The Bertz CT molecular complexity index is 626. The van der Waals surface area contributed by atoms with Gasteiger partial charge in [0.25, 0.3) is 0 Å². The third kappa shape index (κ3) is 3.13. The maximum absolute atomic E-state index is 12.1. The van der Waals surface area contributed by atoms with Crippen molar-refractivity contribution in [3.05, 3.63) is 29.8 Å². The summed E-state index contributed by atoms with van der Waals surface area (Å²) in [7, 11) is -3.13. The normalized spacial score (nSPS) is 30.0. The molecule has 0 aliphatic carbocycles. The highest BCUT2D eigenvalue weighted by molar-refractivity contribution is 7.91. The van der Waals surface area contributed by atoms with Gasteiger partial charge in [-0.2, -0.15) is 0 Å². The maximum Gasteiger partial charge on any atom is 0.178 e. The van der Waals surface area contributed by atoms with Gasteiger partial charge in [-0.15, -0.1) is 0 Å². The standard InChI is InChI=1S/C15H21NO4S/c1-15(2)19-10-11(20-15)9-16-13-7-8-21(17,18)14-6-4-3-5-12(13)14/h3-6,11,13,16H,7-10H2,1-2H3. The second kappa shape index (κ2) is 5.35. The predicted molar refractivity (Wildman–Crippen MR) is 78.8 cm³/mol. The number of sulfone groups is 1. The van der Waals surface area contributed by atoms with E-state index in [-0.39, 0.29) is 17.9 Å². The van der Waals surface area contributed by atoms with Crippen LogP contribution in [0.15, 0.2) is 29.2 Å². The molecule has 1 N–H and O–H groups in total. The molecule has 1 saturated heterocycles. The fourth-order valence-corrected chi connectivity index (χ4v) is 4.56. The van der Waals surface area contributed by atoms with Crippen LogP contribution in [0.25, 0.3) is 0 Å². The molecule has 5 nitrogen and oxygen atoms in total. The van der Waals surface area contributed by atoms with Crippen LogP contribution < -0.4 is 5.32 Å². The lowest BCUT2D eigenvalue weighted by Gasteiger charge is -2.27. The molecule has 0 radical (unpaired) electrons. The van der Waals surface area contributed by atoms with Crippen molar-refractivity contribution >= 4 is 9.84 Å². The summed E-state index contributed by atoms with van der Waals surface area (Å²) in [5.74, 6) is -0.338. The first-order valence-electron chi connectivity index (χ1n) is 7.24. The van der Waals surface area contributed by atoms with E-state index >= 15 is 0 Å². The van der Waals surface area contributed by atoms with E-state index in [1.165, 1.54) is 0 Å². The molecule has 1 aromatic carbocycles. The Morgan fingerprint density at radius 3 is 2.81 bits per heavy atom. The molecule has 3 rings (SSSR count). The largest absolute Gasteiger partial charge is 0.348 e. The van der Waals surface area contributed by atoms with Crippen LogP contribution in [0.4, 0.5) is 0 Å². The van der Waals surface area contributed by atoms with Gasteiger partial charge in [0.2, 0.25) is 0 Å². The minimum Gasteiger partial charge on any atom is -0.348 e. The van der Waals surface area contributed by atoms with Crippen LogP contribution in [0.3, 0.4) is 0 Å². The number of rotatable bonds is 3. The van der Waals surface area contributed by atoms with Gasteiger partial charge in [-0.1, -0.05) is 18.2 Å². The second-order valence-electron chi connectivity index (χ2n) is 6.06. The van der Waals surface area contributed by atoms with Gasteiger partial charge in [-0.3, -0.25) is 0 Å². The average Bonchev–Trinajstić information content (AvgIpc) is 2.78. The number of hydrogen-bond acceptors (Lipinski definition) is 5. The Kier molecular flexibility index (Phi) is 3.81. The van der Waals surface area contributed by atoms with E-state index in [0.717, 1.165) is 5.56 Å². The average molecular weight is 311 g/mol. The molecule has 2 unspecified atom stereocenters. The van der Waals surface area contributed by atoms with Gasteiger partial charge in [0.15, 0.2) is 15.6 Å². The molecular weight excluding hydrogens is 290 g/mol. The first kappa shape index (κ1) is 15.0. The summed E-state index contributed by atoms with van der Waals surface area (Å²) < 4.78 is 35.5. The van der Waals surface area contributed by atoms with Crippen LogP contribution in [-0.2, 0) is 19.3 Å². The lowest BCUT2D eigenvalue weighted by atomic mass is 10.0. The van der Waals surface area contributed by atoms with Gasteiger partial charge < -0.3 is 14.8 Å². The summed E-state index contributed by atoms with van der Waals surface area (Å²) in [5.41, 5.74) is 0.863. The van der Waals surface area contributed by atoms with Gasteiger partial charge in [0.05, 0.1) is 23.4 Å². The highest BCUT2D eigenvalue weighted by Crippen LogP contribution is 2.32. The summed E-state index contributed by atoms with van der Waals surface area (Å²) >= 11 is 0. The van der Waals surface area contributed by atoms with Crippen LogP contribution in [0.2, 0.25) is 0 Å². The molecule has 21 heavy (non-hydrogen) atoms. The zero-order valence-corrected chi connectivity index (χ0v) is 13.2. The Morgan fingerprint density at radius 1 is 1.33 bits per heavy atom. The quantitative estimate of drug-likeness (QED) is 0.919. The fourth-order valence-electron chi connectivity index (χ4n) is 2.94. The third-order valence-electron chi connectivity index (χ3n) is 3.96. The second-order valence-corrected chi connectivity index (χ2v) is 8.13. The molecule has 2 aliphatic heterocycles. The summed E-state index contributed by atoms with van der Waals surface area (Å²) in [6.45, 7) is 5.01. The minimum absolute atomic E-state index is 0.00527. The molecule has 116 valence electrons.